The third-order valence-corrected chi connectivity index (χ3v) is 6.45. The van der Waals surface area contributed by atoms with Gasteiger partial charge in [-0.15, -0.1) is 0 Å². The Morgan fingerprint density at radius 1 is 1.30 bits per heavy atom. The summed E-state index contributed by atoms with van der Waals surface area (Å²) in [6.45, 7) is -0.427. The number of rotatable bonds is 5. The van der Waals surface area contributed by atoms with Gasteiger partial charge in [0.05, 0.1) is 0 Å². The molecule has 0 radical (unpaired) electrons. The van der Waals surface area contributed by atoms with Gasteiger partial charge in [0.2, 0.25) is 0 Å². The molecule has 1 aromatic carbocycles. The van der Waals surface area contributed by atoms with Crippen molar-refractivity contribution in [2.75, 3.05) is 13.7 Å². The van der Waals surface area contributed by atoms with E-state index in [1.54, 1.807) is 0 Å². The van der Waals surface area contributed by atoms with E-state index in [0.717, 1.165) is 10.8 Å². The van der Waals surface area contributed by atoms with E-state index in [-0.39, 0.29) is 25.2 Å². The molecule has 4 rings (SSSR count). The van der Waals surface area contributed by atoms with Crippen molar-refractivity contribution in [3.8, 4) is 5.75 Å². The van der Waals surface area contributed by atoms with Crippen LogP contribution < -0.4 is 16.0 Å². The van der Waals surface area contributed by atoms with Crippen LogP contribution in [0.15, 0.2) is 34.0 Å². The Kier molecular flexibility index (Phi) is 5.71. The minimum absolute atomic E-state index is 0.0750. The molecule has 2 fully saturated rings. The van der Waals surface area contributed by atoms with E-state index >= 15 is 0 Å². The molecular formula is C17H19F2N2O8P. The number of fused-ring (bicyclic) bond motifs is 1. The van der Waals surface area contributed by atoms with Crippen molar-refractivity contribution in [1.29, 1.82) is 0 Å². The quantitative estimate of drug-likeness (QED) is 0.654. The first-order chi connectivity index (χ1) is 14.3. The molecule has 0 amide bonds. The molecular weight excluding hydrogens is 429 g/mol. The monoisotopic (exact) mass is 448 g/mol. The van der Waals surface area contributed by atoms with Gasteiger partial charge in [0, 0.05) is 0 Å². The van der Waals surface area contributed by atoms with Crippen LogP contribution in [0.25, 0.3) is 0 Å². The second-order valence-electron chi connectivity index (χ2n) is 6.75. The number of aromatic nitrogens is 2. The number of aromatic amines is 1. The molecule has 30 heavy (non-hydrogen) atoms. The van der Waals surface area contributed by atoms with E-state index in [1.807, 2.05) is 4.98 Å². The number of nitrogens with one attached hydrogen (secondary N) is 1. The molecule has 0 spiro atoms. The van der Waals surface area contributed by atoms with Gasteiger partial charge in [-0.25, -0.2) is 0 Å². The molecule has 13 heteroatoms. The number of H-pyrrole nitrogens is 1. The van der Waals surface area contributed by atoms with Crippen LogP contribution in [0.2, 0.25) is 0 Å². The van der Waals surface area contributed by atoms with Gasteiger partial charge in [-0.2, -0.15) is 0 Å². The summed E-state index contributed by atoms with van der Waals surface area (Å²) in [6, 6.07) is 4.07. The molecule has 164 valence electrons. The molecule has 2 saturated heterocycles. The summed E-state index contributed by atoms with van der Waals surface area (Å²) in [5.41, 5.74) is -1.84. The molecule has 0 aliphatic carbocycles. The SMILES string of the molecule is COc1ccc(F)c(CO[PH]2(O)OC[C@H]3O[C@@H](n4cc(F)c(=O)[nH]c4=O)C[C@@H]3O2)c1. The number of hydrogen-bond donors (Lipinski definition) is 2. The summed E-state index contributed by atoms with van der Waals surface area (Å²) in [4.78, 5) is 35.5. The fraction of sp³-hybridized carbons (Fsp3) is 0.412. The molecule has 3 atom stereocenters. The van der Waals surface area contributed by atoms with Crippen LogP contribution >= 0.6 is 8.17 Å². The standard InChI is InChI=1S/C17H19F2N2O8P/c1-25-10-2-3-11(18)9(4-10)7-26-30(24)27-8-14-13(29-30)5-15(28-14)21-6-12(19)16(22)20-17(21)23/h2-4,6,13-15,24,30H,5,7-8H2,1H3,(H,20,22,23)/t13-,14+,15+/m0/s1. The summed E-state index contributed by atoms with van der Waals surface area (Å²) in [6.07, 6.45) is -1.48. The number of hydrogen-bond acceptors (Lipinski definition) is 8. The van der Waals surface area contributed by atoms with Crippen molar-refractivity contribution < 1.29 is 36.7 Å². The van der Waals surface area contributed by atoms with Crippen molar-refractivity contribution in [3.05, 3.63) is 62.4 Å². The summed E-state index contributed by atoms with van der Waals surface area (Å²) >= 11 is 0. The van der Waals surface area contributed by atoms with Crippen LogP contribution in [0.3, 0.4) is 0 Å². The van der Waals surface area contributed by atoms with Gasteiger partial charge >= 0.3 is 168 Å². The van der Waals surface area contributed by atoms with Gasteiger partial charge in [0.15, 0.2) is 0 Å². The predicted molar refractivity (Wildman–Crippen MR) is 98.9 cm³/mol. The Labute approximate surface area is 168 Å². The van der Waals surface area contributed by atoms with E-state index in [4.69, 9.17) is 23.0 Å². The Morgan fingerprint density at radius 2 is 2.10 bits per heavy atom. The van der Waals surface area contributed by atoms with E-state index in [9.17, 15) is 23.3 Å². The molecule has 10 nitrogen and oxygen atoms in total. The normalized spacial score (nSPS) is 26.2. The number of nitrogens with zero attached hydrogens (tertiary/aromatic N) is 1. The van der Waals surface area contributed by atoms with Crippen LogP contribution in [-0.2, 0) is 24.9 Å². The first-order valence-corrected chi connectivity index (χ1v) is 10.6. The van der Waals surface area contributed by atoms with Gasteiger partial charge < -0.3 is 0 Å². The zero-order chi connectivity index (χ0) is 21.5. The topological polar surface area (TPSA) is 121 Å². The van der Waals surface area contributed by atoms with Crippen molar-refractivity contribution in [3.63, 3.8) is 0 Å². The molecule has 2 N–H and O–H groups in total. The van der Waals surface area contributed by atoms with Crippen molar-refractivity contribution in [2.45, 2.75) is 31.5 Å². The van der Waals surface area contributed by atoms with Crippen molar-refractivity contribution >= 4 is 8.17 Å². The molecule has 0 saturated carbocycles. The van der Waals surface area contributed by atoms with Crippen molar-refractivity contribution in [1.82, 2.24) is 9.55 Å². The zero-order valence-electron chi connectivity index (χ0n) is 15.7. The van der Waals surface area contributed by atoms with Crippen LogP contribution in [0.1, 0.15) is 18.2 Å². The first-order valence-electron chi connectivity index (χ1n) is 8.95. The summed E-state index contributed by atoms with van der Waals surface area (Å²) in [5, 5.41) is 0. The van der Waals surface area contributed by atoms with Crippen LogP contribution in [0.5, 0.6) is 5.75 Å². The van der Waals surface area contributed by atoms with Crippen LogP contribution in [0.4, 0.5) is 8.78 Å². The molecule has 0 unspecified atom stereocenters. The predicted octanol–water partition coefficient (Wildman–Crippen LogP) is 1.15. The van der Waals surface area contributed by atoms with Gasteiger partial charge in [-0.3, -0.25) is 0 Å². The molecule has 3 heterocycles. The second-order valence-corrected chi connectivity index (χ2v) is 8.61. The number of methoxy groups -OCH3 is 1. The van der Waals surface area contributed by atoms with Gasteiger partial charge in [-0.05, 0) is 0 Å². The molecule has 0 bridgehead atoms. The molecule has 1 aromatic heterocycles. The fourth-order valence-electron chi connectivity index (χ4n) is 3.27. The number of ether oxygens (including phenoxy) is 2. The van der Waals surface area contributed by atoms with Crippen LogP contribution in [0, 0.1) is 11.6 Å². The van der Waals surface area contributed by atoms with E-state index < -0.39 is 49.5 Å². The molecule has 2 aliphatic heterocycles. The fourth-order valence-corrected chi connectivity index (χ4v) is 4.83. The summed E-state index contributed by atoms with van der Waals surface area (Å²) < 4.78 is 55.3. The molecule has 2 aliphatic rings. The molecule has 2 aromatic rings. The van der Waals surface area contributed by atoms with E-state index in [1.165, 1.54) is 25.3 Å². The van der Waals surface area contributed by atoms with E-state index in [2.05, 4.69) is 0 Å². The first kappa shape index (κ1) is 21.0. The maximum atomic E-state index is 13.9. The van der Waals surface area contributed by atoms with Gasteiger partial charge in [0.1, 0.15) is 0 Å². The van der Waals surface area contributed by atoms with Gasteiger partial charge in [-0.1, -0.05) is 0 Å². The Hall–Kier alpha value is -2.21. The van der Waals surface area contributed by atoms with Gasteiger partial charge in [0.25, 0.3) is 0 Å². The van der Waals surface area contributed by atoms with E-state index in [0.29, 0.717) is 5.75 Å². The third-order valence-electron chi connectivity index (χ3n) is 4.81. The Balaban J connectivity index is 1.44. The summed E-state index contributed by atoms with van der Waals surface area (Å²) in [7, 11) is -2.69. The summed E-state index contributed by atoms with van der Waals surface area (Å²) in [5.74, 6) is -1.27. The van der Waals surface area contributed by atoms with Crippen LogP contribution in [-0.4, -0.2) is 40.4 Å². The second kappa shape index (κ2) is 8.14. The zero-order valence-corrected chi connectivity index (χ0v) is 16.7. The maximum absolute atomic E-state index is 13.9. The van der Waals surface area contributed by atoms with Crippen molar-refractivity contribution in [2.24, 2.45) is 0 Å². The minimum atomic E-state index is -4.13. The average molecular weight is 448 g/mol. The average Bonchev–Trinajstić information content (AvgIpc) is 3.12. The Bertz CT molecular complexity index is 1060. The Morgan fingerprint density at radius 3 is 2.87 bits per heavy atom. The third kappa shape index (κ3) is 4.15. The number of halogens is 2. The number of benzene rings is 1.